The lowest BCUT2D eigenvalue weighted by Crippen LogP contribution is -2.27. The molecule has 1 aliphatic heterocycles. The SMILES string of the molecule is COc1cc(C#Cc2nc(N3CC[C@H](N)C3)cnc2C(N)=O)cc(OC)c1. The van der Waals surface area contributed by atoms with Crippen molar-refractivity contribution in [3.63, 3.8) is 0 Å². The Balaban J connectivity index is 1.98. The molecule has 1 aromatic carbocycles. The van der Waals surface area contributed by atoms with Crippen LogP contribution in [0.4, 0.5) is 5.82 Å². The van der Waals surface area contributed by atoms with E-state index in [0.29, 0.717) is 29.4 Å². The minimum atomic E-state index is -0.681. The predicted molar refractivity (Wildman–Crippen MR) is 101 cm³/mol. The monoisotopic (exact) mass is 367 g/mol. The first kappa shape index (κ1) is 18.5. The van der Waals surface area contributed by atoms with E-state index >= 15 is 0 Å². The second-order valence-corrected chi connectivity index (χ2v) is 6.14. The minimum Gasteiger partial charge on any atom is -0.497 e. The number of carbonyl (C=O) groups is 1. The molecule has 1 amide bonds. The molecule has 4 N–H and O–H groups in total. The number of aromatic nitrogens is 2. The molecule has 0 aliphatic carbocycles. The minimum absolute atomic E-state index is 0.0320. The number of amides is 1. The Kier molecular flexibility index (Phi) is 5.43. The molecule has 2 aromatic rings. The average molecular weight is 367 g/mol. The third-order valence-corrected chi connectivity index (χ3v) is 4.22. The highest BCUT2D eigenvalue weighted by Crippen LogP contribution is 2.22. The largest absolute Gasteiger partial charge is 0.497 e. The van der Waals surface area contributed by atoms with Gasteiger partial charge in [0.2, 0.25) is 0 Å². The van der Waals surface area contributed by atoms with Gasteiger partial charge in [-0.15, -0.1) is 0 Å². The van der Waals surface area contributed by atoms with Gasteiger partial charge in [0, 0.05) is 30.8 Å². The van der Waals surface area contributed by atoms with E-state index in [2.05, 4.69) is 21.8 Å². The topological polar surface area (TPSA) is 117 Å². The Morgan fingerprint density at radius 3 is 2.48 bits per heavy atom. The Hall–Kier alpha value is -3.31. The molecule has 140 valence electrons. The molecule has 0 bridgehead atoms. The van der Waals surface area contributed by atoms with Crippen molar-refractivity contribution in [1.82, 2.24) is 9.97 Å². The summed E-state index contributed by atoms with van der Waals surface area (Å²) in [4.78, 5) is 22.4. The summed E-state index contributed by atoms with van der Waals surface area (Å²) in [5.74, 6) is 7.03. The number of benzene rings is 1. The number of rotatable bonds is 4. The number of hydrogen-bond donors (Lipinski definition) is 2. The van der Waals surface area contributed by atoms with Crippen molar-refractivity contribution in [1.29, 1.82) is 0 Å². The van der Waals surface area contributed by atoms with Gasteiger partial charge in [0.05, 0.1) is 20.4 Å². The maximum absolute atomic E-state index is 11.7. The van der Waals surface area contributed by atoms with Crippen LogP contribution in [0.2, 0.25) is 0 Å². The maximum atomic E-state index is 11.7. The van der Waals surface area contributed by atoms with Gasteiger partial charge >= 0.3 is 0 Å². The van der Waals surface area contributed by atoms with E-state index < -0.39 is 5.91 Å². The smallest absolute Gasteiger partial charge is 0.270 e. The molecule has 27 heavy (non-hydrogen) atoms. The fourth-order valence-corrected chi connectivity index (χ4v) is 2.81. The van der Waals surface area contributed by atoms with Gasteiger partial charge in [-0.25, -0.2) is 9.97 Å². The van der Waals surface area contributed by atoms with Gasteiger partial charge in [-0.1, -0.05) is 5.92 Å². The molecule has 1 aromatic heterocycles. The van der Waals surface area contributed by atoms with Gasteiger partial charge < -0.3 is 25.8 Å². The molecule has 2 heterocycles. The van der Waals surface area contributed by atoms with E-state index in [0.717, 1.165) is 13.0 Å². The van der Waals surface area contributed by atoms with Crippen molar-refractivity contribution in [2.75, 3.05) is 32.2 Å². The highest BCUT2D eigenvalue weighted by Gasteiger charge is 2.22. The summed E-state index contributed by atoms with van der Waals surface area (Å²) in [6.07, 6.45) is 2.40. The molecule has 8 heteroatoms. The third-order valence-electron chi connectivity index (χ3n) is 4.22. The van der Waals surface area contributed by atoms with Crippen molar-refractivity contribution in [3.8, 4) is 23.3 Å². The van der Waals surface area contributed by atoms with E-state index in [1.54, 1.807) is 32.4 Å². The Morgan fingerprint density at radius 2 is 1.93 bits per heavy atom. The van der Waals surface area contributed by atoms with Gasteiger partial charge in [-0.05, 0) is 24.5 Å². The van der Waals surface area contributed by atoms with Gasteiger partial charge in [0.1, 0.15) is 23.0 Å². The fraction of sp³-hybridized carbons (Fsp3) is 0.316. The molecule has 1 saturated heterocycles. The van der Waals surface area contributed by atoms with Crippen molar-refractivity contribution in [2.45, 2.75) is 12.5 Å². The van der Waals surface area contributed by atoms with E-state index in [1.807, 2.05) is 4.90 Å². The van der Waals surface area contributed by atoms with Crippen LogP contribution in [0.3, 0.4) is 0 Å². The second-order valence-electron chi connectivity index (χ2n) is 6.14. The zero-order valence-electron chi connectivity index (χ0n) is 15.2. The molecule has 1 aliphatic rings. The number of primary amides is 1. The summed E-state index contributed by atoms with van der Waals surface area (Å²) in [6.45, 7) is 1.47. The second kappa shape index (κ2) is 7.93. The van der Waals surface area contributed by atoms with Crippen LogP contribution in [0.5, 0.6) is 11.5 Å². The fourth-order valence-electron chi connectivity index (χ4n) is 2.81. The number of methoxy groups -OCH3 is 2. The van der Waals surface area contributed by atoms with E-state index in [1.165, 1.54) is 6.20 Å². The van der Waals surface area contributed by atoms with Gasteiger partial charge in [0.15, 0.2) is 5.69 Å². The van der Waals surface area contributed by atoms with Crippen LogP contribution in [-0.4, -0.2) is 49.2 Å². The summed E-state index contributed by atoms with van der Waals surface area (Å²) in [5.41, 5.74) is 12.3. The average Bonchev–Trinajstić information content (AvgIpc) is 3.12. The van der Waals surface area contributed by atoms with Gasteiger partial charge in [0.25, 0.3) is 5.91 Å². The maximum Gasteiger partial charge on any atom is 0.270 e. The van der Waals surface area contributed by atoms with E-state index in [-0.39, 0.29) is 17.4 Å². The standard InChI is InChI=1S/C19H21N5O3/c1-26-14-7-12(8-15(9-14)27-2)3-4-16-18(19(21)25)22-10-17(23-16)24-6-5-13(20)11-24/h7-10,13H,5-6,11,20H2,1-2H3,(H2,21,25)/t13-/m0/s1. The van der Waals surface area contributed by atoms with Crippen LogP contribution in [0.1, 0.15) is 28.2 Å². The summed E-state index contributed by atoms with van der Waals surface area (Å²) < 4.78 is 10.5. The van der Waals surface area contributed by atoms with Crippen molar-refractivity contribution >= 4 is 11.7 Å². The molecule has 0 spiro atoms. The van der Waals surface area contributed by atoms with Crippen molar-refractivity contribution < 1.29 is 14.3 Å². The van der Waals surface area contributed by atoms with Crippen molar-refractivity contribution in [2.24, 2.45) is 11.5 Å². The summed E-state index contributed by atoms with van der Waals surface area (Å²) >= 11 is 0. The normalized spacial score (nSPS) is 15.8. The summed E-state index contributed by atoms with van der Waals surface area (Å²) in [5, 5.41) is 0. The molecule has 8 nitrogen and oxygen atoms in total. The lowest BCUT2D eigenvalue weighted by Gasteiger charge is -2.16. The molecule has 1 fully saturated rings. The summed E-state index contributed by atoms with van der Waals surface area (Å²) in [7, 11) is 3.12. The number of anilines is 1. The lowest BCUT2D eigenvalue weighted by molar-refractivity contribution is 0.0995. The van der Waals surface area contributed by atoms with E-state index in [4.69, 9.17) is 20.9 Å². The number of ether oxygens (including phenoxy) is 2. The van der Waals surface area contributed by atoms with Crippen LogP contribution in [0.15, 0.2) is 24.4 Å². The zero-order valence-corrected chi connectivity index (χ0v) is 15.2. The molecule has 1 atom stereocenters. The molecule has 3 rings (SSSR count). The van der Waals surface area contributed by atoms with Gasteiger partial charge in [-0.2, -0.15) is 0 Å². The number of carbonyl (C=O) groups excluding carboxylic acids is 1. The Bertz CT molecular complexity index is 897. The van der Waals surface area contributed by atoms with Crippen LogP contribution in [0.25, 0.3) is 0 Å². The number of hydrogen-bond acceptors (Lipinski definition) is 7. The predicted octanol–water partition coefficient (Wildman–Crippen LogP) is 0.530. The highest BCUT2D eigenvalue weighted by molar-refractivity contribution is 5.93. The summed E-state index contributed by atoms with van der Waals surface area (Å²) in [6, 6.07) is 5.37. The van der Waals surface area contributed by atoms with Crippen LogP contribution >= 0.6 is 0 Å². The molecule has 0 unspecified atom stereocenters. The number of nitrogens with two attached hydrogens (primary N) is 2. The highest BCUT2D eigenvalue weighted by atomic mass is 16.5. The first-order valence-electron chi connectivity index (χ1n) is 8.42. The molecular weight excluding hydrogens is 346 g/mol. The third kappa shape index (κ3) is 4.27. The Labute approximate surface area is 157 Å². The number of nitrogens with zero attached hydrogens (tertiary/aromatic N) is 3. The lowest BCUT2D eigenvalue weighted by atomic mass is 10.2. The molecule has 0 radical (unpaired) electrons. The van der Waals surface area contributed by atoms with Crippen LogP contribution < -0.4 is 25.8 Å². The molecule has 0 saturated carbocycles. The van der Waals surface area contributed by atoms with E-state index in [9.17, 15) is 4.79 Å². The van der Waals surface area contributed by atoms with Crippen molar-refractivity contribution in [3.05, 3.63) is 41.3 Å². The Morgan fingerprint density at radius 1 is 1.22 bits per heavy atom. The molecular formula is C19H21N5O3. The first-order chi connectivity index (χ1) is 13.0. The van der Waals surface area contributed by atoms with Gasteiger partial charge in [-0.3, -0.25) is 4.79 Å². The zero-order chi connectivity index (χ0) is 19.4. The first-order valence-corrected chi connectivity index (χ1v) is 8.42. The van der Waals surface area contributed by atoms with Crippen LogP contribution in [-0.2, 0) is 0 Å². The quantitative estimate of drug-likeness (QED) is 0.757. The van der Waals surface area contributed by atoms with Crippen LogP contribution in [0, 0.1) is 11.8 Å².